The first-order chi connectivity index (χ1) is 10.3. The first-order valence-electron chi connectivity index (χ1n) is 9.10. The quantitative estimate of drug-likeness (QED) is 0.819. The Morgan fingerprint density at radius 1 is 1.23 bits per heavy atom. The Morgan fingerprint density at radius 2 is 1.86 bits per heavy atom. The average molecular weight is 306 g/mol. The standard InChI is InChI=1S/C18H30N2O2/c1-11-3-4-20(12(11)2)16(21)15(19)17-6-13-5-14(7-17)9-18(22,8-13)10-17/h11-15,22H,3-10,19H2,1-2H3/t11?,12-,13?,14?,15+,17?,18?/m0/s1. The van der Waals surface area contributed by atoms with Crippen molar-refractivity contribution in [1.29, 1.82) is 0 Å². The Morgan fingerprint density at radius 3 is 2.36 bits per heavy atom. The van der Waals surface area contributed by atoms with Gasteiger partial charge in [-0.25, -0.2) is 0 Å². The molecule has 0 spiro atoms. The molecule has 1 amide bonds. The van der Waals surface area contributed by atoms with E-state index < -0.39 is 11.6 Å². The molecule has 0 radical (unpaired) electrons. The highest BCUT2D eigenvalue weighted by Crippen LogP contribution is 2.62. The Hall–Kier alpha value is -0.610. The van der Waals surface area contributed by atoms with Crippen molar-refractivity contribution in [2.24, 2.45) is 28.9 Å². The van der Waals surface area contributed by atoms with Crippen molar-refractivity contribution >= 4 is 5.91 Å². The average Bonchev–Trinajstić information content (AvgIpc) is 2.75. The fourth-order valence-electron chi connectivity index (χ4n) is 6.49. The summed E-state index contributed by atoms with van der Waals surface area (Å²) in [6, 6.07) is -0.117. The lowest BCUT2D eigenvalue weighted by atomic mass is 9.46. The summed E-state index contributed by atoms with van der Waals surface area (Å²) in [5, 5.41) is 10.9. The highest BCUT2D eigenvalue weighted by Gasteiger charge is 2.60. The summed E-state index contributed by atoms with van der Waals surface area (Å²) >= 11 is 0. The van der Waals surface area contributed by atoms with E-state index >= 15 is 0 Å². The van der Waals surface area contributed by atoms with Crippen molar-refractivity contribution in [3.63, 3.8) is 0 Å². The predicted octanol–water partition coefficient (Wildman–Crippen LogP) is 1.90. The van der Waals surface area contributed by atoms with Gasteiger partial charge in [-0.2, -0.15) is 0 Å². The van der Waals surface area contributed by atoms with Crippen molar-refractivity contribution in [3.8, 4) is 0 Å². The molecule has 5 atom stereocenters. The van der Waals surface area contributed by atoms with Gasteiger partial charge in [0.05, 0.1) is 11.6 Å². The van der Waals surface area contributed by atoms with Gasteiger partial charge in [-0.15, -0.1) is 0 Å². The number of nitrogens with two attached hydrogens (primary N) is 1. The van der Waals surface area contributed by atoms with E-state index in [-0.39, 0.29) is 11.3 Å². The van der Waals surface area contributed by atoms with Gasteiger partial charge in [0.15, 0.2) is 0 Å². The van der Waals surface area contributed by atoms with Crippen LogP contribution in [0, 0.1) is 23.2 Å². The van der Waals surface area contributed by atoms with E-state index in [9.17, 15) is 9.90 Å². The lowest BCUT2D eigenvalue weighted by molar-refractivity contribution is -0.177. The molecule has 22 heavy (non-hydrogen) atoms. The summed E-state index contributed by atoms with van der Waals surface area (Å²) in [6.07, 6.45) is 7.04. The fourth-order valence-corrected chi connectivity index (χ4v) is 6.49. The summed E-state index contributed by atoms with van der Waals surface area (Å²) in [5.41, 5.74) is 5.89. The third kappa shape index (κ3) is 2.06. The molecule has 4 aliphatic carbocycles. The van der Waals surface area contributed by atoms with Gasteiger partial charge in [-0.3, -0.25) is 4.79 Å². The minimum atomic E-state index is -0.536. The smallest absolute Gasteiger partial charge is 0.240 e. The number of likely N-dealkylation sites (tertiary alicyclic amines) is 1. The van der Waals surface area contributed by atoms with Crippen LogP contribution in [0.3, 0.4) is 0 Å². The van der Waals surface area contributed by atoms with E-state index in [4.69, 9.17) is 5.73 Å². The van der Waals surface area contributed by atoms with E-state index in [1.165, 1.54) is 6.42 Å². The van der Waals surface area contributed by atoms with E-state index in [2.05, 4.69) is 13.8 Å². The molecule has 5 rings (SSSR count). The lowest BCUT2D eigenvalue weighted by Gasteiger charge is -2.61. The number of aliphatic hydroxyl groups is 1. The molecule has 5 aliphatic rings. The van der Waals surface area contributed by atoms with E-state index in [0.717, 1.165) is 45.1 Å². The molecule has 3 unspecified atom stereocenters. The summed E-state index contributed by atoms with van der Waals surface area (Å²) in [7, 11) is 0. The molecule has 0 aromatic heterocycles. The summed E-state index contributed by atoms with van der Waals surface area (Å²) < 4.78 is 0. The Labute approximate surface area is 133 Å². The first kappa shape index (κ1) is 14.9. The van der Waals surface area contributed by atoms with Crippen LogP contribution in [-0.4, -0.2) is 40.1 Å². The predicted molar refractivity (Wildman–Crippen MR) is 85.0 cm³/mol. The van der Waals surface area contributed by atoms with E-state index in [1.807, 2.05) is 4.90 Å². The monoisotopic (exact) mass is 306 g/mol. The van der Waals surface area contributed by atoms with Gasteiger partial charge in [0.1, 0.15) is 0 Å². The minimum Gasteiger partial charge on any atom is -0.390 e. The molecule has 4 heteroatoms. The zero-order chi connectivity index (χ0) is 15.7. The van der Waals surface area contributed by atoms with Crippen molar-refractivity contribution < 1.29 is 9.90 Å². The van der Waals surface area contributed by atoms with Crippen LogP contribution in [0.5, 0.6) is 0 Å². The second-order valence-electron chi connectivity index (χ2n) is 9.06. The van der Waals surface area contributed by atoms with Gasteiger partial charge in [0.2, 0.25) is 5.91 Å². The van der Waals surface area contributed by atoms with Crippen molar-refractivity contribution in [3.05, 3.63) is 0 Å². The number of nitrogens with zero attached hydrogens (tertiary/aromatic N) is 1. The van der Waals surface area contributed by atoms with Gasteiger partial charge in [0.25, 0.3) is 0 Å². The second-order valence-corrected chi connectivity index (χ2v) is 9.06. The Bertz CT molecular complexity index is 477. The van der Waals surface area contributed by atoms with Crippen LogP contribution in [0.1, 0.15) is 58.8 Å². The molecule has 124 valence electrons. The molecule has 4 saturated carbocycles. The fraction of sp³-hybridized carbons (Fsp3) is 0.944. The number of hydrogen-bond donors (Lipinski definition) is 2. The van der Waals surface area contributed by atoms with Gasteiger partial charge in [-0.05, 0) is 75.0 Å². The largest absolute Gasteiger partial charge is 0.390 e. The number of rotatable bonds is 2. The molecule has 0 aromatic rings. The summed E-state index contributed by atoms with van der Waals surface area (Å²) in [4.78, 5) is 15.1. The SMILES string of the molecule is CC1CCN(C(=O)[C@@H](N)C23CC4CC(CC(O)(C4)C2)C3)[C@H]1C. The third-order valence-electron chi connectivity index (χ3n) is 7.42. The maximum absolute atomic E-state index is 13.0. The van der Waals surface area contributed by atoms with Crippen molar-refractivity contribution in [1.82, 2.24) is 4.90 Å². The van der Waals surface area contributed by atoms with Crippen LogP contribution < -0.4 is 5.73 Å². The van der Waals surface area contributed by atoms with Crippen LogP contribution >= 0.6 is 0 Å². The third-order valence-corrected chi connectivity index (χ3v) is 7.42. The van der Waals surface area contributed by atoms with Crippen LogP contribution in [0.15, 0.2) is 0 Å². The molecule has 1 heterocycles. The molecule has 4 bridgehead atoms. The molecular weight excluding hydrogens is 276 g/mol. The van der Waals surface area contributed by atoms with Gasteiger partial charge < -0.3 is 15.7 Å². The molecule has 1 saturated heterocycles. The molecule has 0 aromatic carbocycles. The highest BCUT2D eigenvalue weighted by molar-refractivity contribution is 5.83. The highest BCUT2D eigenvalue weighted by atomic mass is 16.3. The zero-order valence-electron chi connectivity index (χ0n) is 13.9. The van der Waals surface area contributed by atoms with Crippen LogP contribution in [0.4, 0.5) is 0 Å². The number of amides is 1. The number of hydrogen-bond acceptors (Lipinski definition) is 3. The normalized spacial score (nSPS) is 51.4. The topological polar surface area (TPSA) is 66.6 Å². The molecule has 5 fully saturated rings. The first-order valence-corrected chi connectivity index (χ1v) is 9.10. The zero-order valence-corrected chi connectivity index (χ0v) is 13.9. The van der Waals surface area contributed by atoms with E-state index in [0.29, 0.717) is 23.8 Å². The summed E-state index contributed by atoms with van der Waals surface area (Å²) in [6.45, 7) is 5.22. The van der Waals surface area contributed by atoms with Gasteiger partial charge in [-0.1, -0.05) is 6.92 Å². The lowest BCUT2D eigenvalue weighted by Crippen LogP contribution is -2.64. The van der Waals surface area contributed by atoms with Gasteiger partial charge in [0, 0.05) is 12.6 Å². The van der Waals surface area contributed by atoms with E-state index in [1.54, 1.807) is 0 Å². The van der Waals surface area contributed by atoms with Crippen LogP contribution in [-0.2, 0) is 4.79 Å². The Kier molecular flexibility index (Phi) is 3.19. The Balaban J connectivity index is 1.57. The maximum atomic E-state index is 13.0. The second kappa shape index (κ2) is 4.70. The van der Waals surface area contributed by atoms with Crippen molar-refractivity contribution in [2.75, 3.05) is 6.54 Å². The molecule has 3 N–H and O–H groups in total. The number of carbonyl (C=O) groups is 1. The minimum absolute atomic E-state index is 0.137. The molecule has 1 aliphatic heterocycles. The summed E-state index contributed by atoms with van der Waals surface area (Å²) in [5.74, 6) is 1.87. The van der Waals surface area contributed by atoms with Crippen LogP contribution in [0.25, 0.3) is 0 Å². The number of carbonyl (C=O) groups excluding carboxylic acids is 1. The molecular formula is C18H30N2O2. The van der Waals surface area contributed by atoms with Crippen molar-refractivity contribution in [2.45, 2.75) is 76.5 Å². The van der Waals surface area contributed by atoms with Crippen LogP contribution in [0.2, 0.25) is 0 Å². The maximum Gasteiger partial charge on any atom is 0.240 e. The molecule has 4 nitrogen and oxygen atoms in total. The van der Waals surface area contributed by atoms with Gasteiger partial charge >= 0.3 is 0 Å².